The van der Waals surface area contributed by atoms with Gasteiger partial charge in [-0.25, -0.2) is 4.68 Å². The van der Waals surface area contributed by atoms with E-state index in [0.29, 0.717) is 6.67 Å². The van der Waals surface area contributed by atoms with Crippen LogP contribution in [0.2, 0.25) is 0 Å². The maximum Gasteiger partial charge on any atom is 0.325 e. The minimum Gasteiger partial charge on any atom is -0.468 e. The largest absolute Gasteiger partial charge is 0.468 e. The van der Waals surface area contributed by atoms with E-state index in [9.17, 15) is 9.59 Å². The second kappa shape index (κ2) is 6.21. The van der Waals surface area contributed by atoms with E-state index in [1.54, 1.807) is 21.6 Å². The van der Waals surface area contributed by atoms with Crippen LogP contribution in [0.1, 0.15) is 21.9 Å². The van der Waals surface area contributed by atoms with Gasteiger partial charge in [-0.2, -0.15) is 10.2 Å². The number of nitrogens with zero attached hydrogens (tertiary/aromatic N) is 4. The highest BCUT2D eigenvalue weighted by Crippen LogP contribution is 2.03. The number of hydrogen-bond donors (Lipinski definition) is 1. The minimum absolute atomic E-state index is 0.181. The summed E-state index contributed by atoms with van der Waals surface area (Å²) >= 11 is 0. The number of hydrogen-bond acceptors (Lipinski definition) is 5. The van der Waals surface area contributed by atoms with Crippen LogP contribution in [0.15, 0.2) is 18.3 Å². The average Bonchev–Trinajstić information content (AvgIpc) is 3.03. The smallest absolute Gasteiger partial charge is 0.325 e. The standard InChI is InChI=1S/C13H17N5O3/c1-9-6-10(2)18(15-9)8-17-5-4-11(16-17)13(20)14-7-12(19)21-3/h4-6H,7-8H2,1-3H3,(H,14,20). The lowest BCUT2D eigenvalue weighted by Gasteiger charge is -2.04. The molecule has 1 N–H and O–H groups in total. The number of methoxy groups -OCH3 is 1. The maximum atomic E-state index is 11.8. The zero-order valence-electron chi connectivity index (χ0n) is 12.2. The number of nitrogens with one attached hydrogen (secondary N) is 1. The molecule has 0 aliphatic carbocycles. The SMILES string of the molecule is COC(=O)CNC(=O)c1ccn(Cn2nc(C)cc2C)n1. The number of carbonyl (C=O) groups is 2. The van der Waals surface area contributed by atoms with Gasteiger partial charge in [-0.15, -0.1) is 0 Å². The number of esters is 1. The first-order valence-electron chi connectivity index (χ1n) is 6.39. The Morgan fingerprint density at radius 3 is 2.71 bits per heavy atom. The lowest BCUT2D eigenvalue weighted by atomic mass is 10.4. The summed E-state index contributed by atoms with van der Waals surface area (Å²) in [4.78, 5) is 22.7. The molecule has 0 radical (unpaired) electrons. The molecule has 112 valence electrons. The lowest BCUT2D eigenvalue weighted by Crippen LogP contribution is -2.30. The van der Waals surface area contributed by atoms with Gasteiger partial charge in [0.05, 0.1) is 12.8 Å². The number of aryl methyl sites for hydroxylation is 2. The van der Waals surface area contributed by atoms with Gasteiger partial charge in [0.25, 0.3) is 5.91 Å². The molecule has 21 heavy (non-hydrogen) atoms. The summed E-state index contributed by atoms with van der Waals surface area (Å²) in [6.07, 6.45) is 1.68. The molecule has 0 unspecified atom stereocenters. The average molecular weight is 291 g/mol. The second-order valence-electron chi connectivity index (χ2n) is 4.57. The van der Waals surface area contributed by atoms with E-state index in [1.165, 1.54) is 7.11 Å². The third kappa shape index (κ3) is 3.68. The molecule has 0 fully saturated rings. The van der Waals surface area contributed by atoms with Crippen molar-refractivity contribution < 1.29 is 14.3 Å². The van der Waals surface area contributed by atoms with Crippen molar-refractivity contribution >= 4 is 11.9 Å². The topological polar surface area (TPSA) is 91.0 Å². The second-order valence-corrected chi connectivity index (χ2v) is 4.57. The molecule has 0 atom stereocenters. The molecule has 0 bridgehead atoms. The van der Waals surface area contributed by atoms with Crippen molar-refractivity contribution in [1.82, 2.24) is 24.9 Å². The zero-order valence-corrected chi connectivity index (χ0v) is 12.2. The summed E-state index contributed by atoms with van der Waals surface area (Å²) in [5.41, 5.74) is 2.18. The van der Waals surface area contributed by atoms with Crippen LogP contribution in [0.3, 0.4) is 0 Å². The lowest BCUT2D eigenvalue weighted by molar-refractivity contribution is -0.139. The number of rotatable bonds is 5. The molecule has 2 aromatic rings. The minimum atomic E-state index is -0.509. The van der Waals surface area contributed by atoms with Gasteiger partial charge in [-0.1, -0.05) is 0 Å². The molecule has 8 heteroatoms. The Morgan fingerprint density at radius 1 is 1.33 bits per heavy atom. The first-order chi connectivity index (χ1) is 9.99. The van der Waals surface area contributed by atoms with E-state index < -0.39 is 11.9 Å². The third-order valence-corrected chi connectivity index (χ3v) is 2.88. The monoisotopic (exact) mass is 291 g/mol. The number of ether oxygens (including phenoxy) is 1. The summed E-state index contributed by atoms with van der Waals surface area (Å²) in [6.45, 7) is 4.11. The Hall–Kier alpha value is -2.64. The van der Waals surface area contributed by atoms with Crippen LogP contribution in [0.25, 0.3) is 0 Å². The van der Waals surface area contributed by atoms with Gasteiger partial charge in [0, 0.05) is 11.9 Å². The van der Waals surface area contributed by atoms with Crippen molar-refractivity contribution in [2.75, 3.05) is 13.7 Å². The van der Waals surface area contributed by atoms with Gasteiger partial charge in [0.15, 0.2) is 0 Å². The number of aromatic nitrogens is 4. The Kier molecular flexibility index (Phi) is 4.36. The number of amides is 1. The van der Waals surface area contributed by atoms with Crippen LogP contribution in [-0.4, -0.2) is 45.1 Å². The molecule has 2 rings (SSSR count). The van der Waals surface area contributed by atoms with Crippen molar-refractivity contribution in [2.45, 2.75) is 20.5 Å². The van der Waals surface area contributed by atoms with Gasteiger partial charge in [-0.05, 0) is 26.0 Å². The molecule has 0 aliphatic heterocycles. The summed E-state index contributed by atoms with van der Waals surface area (Å²) in [6, 6.07) is 3.55. The quantitative estimate of drug-likeness (QED) is 0.789. The first kappa shape index (κ1) is 14.8. The van der Waals surface area contributed by atoms with Crippen molar-refractivity contribution in [3.63, 3.8) is 0 Å². The van der Waals surface area contributed by atoms with Crippen LogP contribution in [0.5, 0.6) is 0 Å². The molecule has 0 aromatic carbocycles. The molecule has 1 amide bonds. The molecular formula is C13H17N5O3. The van der Waals surface area contributed by atoms with Gasteiger partial charge >= 0.3 is 5.97 Å². The summed E-state index contributed by atoms with van der Waals surface area (Å²) < 4.78 is 7.84. The maximum absolute atomic E-state index is 11.8. The van der Waals surface area contributed by atoms with Gasteiger partial charge < -0.3 is 10.1 Å². The number of carbonyl (C=O) groups excluding carboxylic acids is 2. The van der Waals surface area contributed by atoms with Crippen LogP contribution in [0, 0.1) is 13.8 Å². The van der Waals surface area contributed by atoms with Gasteiger partial charge in [0.2, 0.25) is 0 Å². The highest BCUT2D eigenvalue weighted by molar-refractivity contribution is 5.94. The van der Waals surface area contributed by atoms with Crippen molar-refractivity contribution in [3.8, 4) is 0 Å². The predicted octanol–water partition coefficient (Wildman–Crippen LogP) is 0.105. The molecule has 0 saturated heterocycles. The first-order valence-corrected chi connectivity index (χ1v) is 6.39. The van der Waals surface area contributed by atoms with Crippen LogP contribution < -0.4 is 5.32 Å². The van der Waals surface area contributed by atoms with Crippen molar-refractivity contribution in [3.05, 3.63) is 35.4 Å². The van der Waals surface area contributed by atoms with Crippen molar-refractivity contribution in [1.29, 1.82) is 0 Å². The summed E-state index contributed by atoms with van der Waals surface area (Å²) in [5.74, 6) is -0.932. The summed E-state index contributed by atoms with van der Waals surface area (Å²) in [7, 11) is 1.26. The van der Waals surface area contributed by atoms with Gasteiger partial charge in [0.1, 0.15) is 18.9 Å². The van der Waals surface area contributed by atoms with E-state index in [2.05, 4.69) is 20.3 Å². The summed E-state index contributed by atoms with van der Waals surface area (Å²) in [5, 5.41) is 10.9. The molecule has 8 nitrogen and oxygen atoms in total. The Bertz CT molecular complexity index is 659. The highest BCUT2D eigenvalue weighted by atomic mass is 16.5. The zero-order chi connectivity index (χ0) is 15.4. The highest BCUT2D eigenvalue weighted by Gasteiger charge is 2.11. The van der Waals surface area contributed by atoms with E-state index >= 15 is 0 Å². The Balaban J connectivity index is 1.99. The van der Waals surface area contributed by atoms with Crippen LogP contribution in [0.4, 0.5) is 0 Å². The van der Waals surface area contributed by atoms with Crippen LogP contribution >= 0.6 is 0 Å². The van der Waals surface area contributed by atoms with E-state index in [0.717, 1.165) is 11.4 Å². The fourth-order valence-corrected chi connectivity index (χ4v) is 1.83. The molecule has 2 heterocycles. The van der Waals surface area contributed by atoms with Crippen LogP contribution in [-0.2, 0) is 16.2 Å². The Morgan fingerprint density at radius 2 is 2.10 bits per heavy atom. The van der Waals surface area contributed by atoms with E-state index in [1.807, 2.05) is 19.9 Å². The van der Waals surface area contributed by atoms with E-state index in [-0.39, 0.29) is 12.2 Å². The normalized spacial score (nSPS) is 10.4. The third-order valence-electron chi connectivity index (χ3n) is 2.88. The molecular weight excluding hydrogens is 274 g/mol. The Labute approximate surface area is 121 Å². The fraction of sp³-hybridized carbons (Fsp3) is 0.385. The van der Waals surface area contributed by atoms with E-state index in [4.69, 9.17) is 0 Å². The molecule has 0 saturated carbocycles. The fourth-order valence-electron chi connectivity index (χ4n) is 1.83. The van der Waals surface area contributed by atoms with Crippen molar-refractivity contribution in [2.24, 2.45) is 0 Å². The predicted molar refractivity (Wildman–Crippen MR) is 73.7 cm³/mol. The molecule has 0 spiro atoms. The molecule has 2 aromatic heterocycles. The van der Waals surface area contributed by atoms with Gasteiger partial charge in [-0.3, -0.25) is 14.3 Å². The molecule has 0 aliphatic rings.